The quantitative estimate of drug-likeness (QED) is 0.661. The normalized spacial score (nSPS) is 25.0. The number of carbonyl (C=O) groups is 1. The molecule has 2 aromatic heterocycles. The molecule has 1 aromatic carbocycles. The predicted molar refractivity (Wildman–Crippen MR) is 115 cm³/mol. The second kappa shape index (κ2) is 6.68. The number of hydrogen-bond acceptors (Lipinski definition) is 6. The minimum atomic E-state index is -0.270. The summed E-state index contributed by atoms with van der Waals surface area (Å²) in [6.45, 7) is 6.93. The van der Waals surface area contributed by atoms with Crippen LogP contribution in [-0.2, 0) is 6.42 Å². The number of fused-ring (bicyclic) bond motifs is 3. The lowest BCUT2D eigenvalue weighted by Gasteiger charge is -2.17. The molecular formula is C23H25N5O3. The van der Waals surface area contributed by atoms with Crippen LogP contribution in [-0.4, -0.2) is 45.8 Å². The van der Waals surface area contributed by atoms with Gasteiger partial charge in [0.05, 0.1) is 18.5 Å². The number of hydrogen-bond donors (Lipinski definition) is 2. The number of rotatable bonds is 5. The van der Waals surface area contributed by atoms with Crippen molar-refractivity contribution in [2.24, 2.45) is 17.8 Å². The molecule has 3 aromatic rings. The number of aromatic nitrogens is 3. The topological polar surface area (TPSA) is 89.8 Å². The number of benzene rings is 1. The Morgan fingerprint density at radius 3 is 3.03 bits per heavy atom. The van der Waals surface area contributed by atoms with Crippen LogP contribution in [0.1, 0.15) is 29.8 Å². The Balaban J connectivity index is 1.28. The first-order chi connectivity index (χ1) is 15.0. The Labute approximate surface area is 179 Å². The van der Waals surface area contributed by atoms with Crippen molar-refractivity contribution < 1.29 is 14.3 Å². The molecule has 8 heteroatoms. The van der Waals surface area contributed by atoms with Crippen LogP contribution in [0.2, 0.25) is 0 Å². The summed E-state index contributed by atoms with van der Waals surface area (Å²) in [5.41, 5.74) is 2.40. The summed E-state index contributed by atoms with van der Waals surface area (Å²) < 4.78 is 13.9. The Morgan fingerprint density at radius 1 is 1.35 bits per heavy atom. The molecule has 1 saturated carbocycles. The zero-order valence-corrected chi connectivity index (χ0v) is 17.6. The Hall–Kier alpha value is -3.13. The number of nitrogens with zero attached hydrogens (tertiary/aromatic N) is 3. The highest BCUT2D eigenvalue weighted by Crippen LogP contribution is 2.49. The van der Waals surface area contributed by atoms with Crippen LogP contribution < -0.4 is 20.1 Å². The van der Waals surface area contributed by atoms with Gasteiger partial charge in [0.25, 0.3) is 5.91 Å². The van der Waals surface area contributed by atoms with Gasteiger partial charge in [0.1, 0.15) is 22.7 Å². The third kappa shape index (κ3) is 3.22. The summed E-state index contributed by atoms with van der Waals surface area (Å²) in [5.74, 6) is 3.23. The average molecular weight is 419 g/mol. The van der Waals surface area contributed by atoms with Crippen LogP contribution in [0.15, 0.2) is 36.8 Å². The van der Waals surface area contributed by atoms with Gasteiger partial charge in [-0.1, -0.05) is 0 Å². The van der Waals surface area contributed by atoms with E-state index in [9.17, 15) is 4.79 Å². The minimum Gasteiger partial charge on any atom is -0.491 e. The summed E-state index contributed by atoms with van der Waals surface area (Å²) in [7, 11) is 0. The lowest BCUT2D eigenvalue weighted by Crippen LogP contribution is -2.24. The monoisotopic (exact) mass is 419 g/mol. The molecule has 0 radical (unpaired) electrons. The van der Waals surface area contributed by atoms with E-state index in [2.05, 4.69) is 34.6 Å². The number of nitrogens with one attached hydrogen (secondary N) is 2. The molecule has 1 aliphatic carbocycles. The fourth-order valence-electron chi connectivity index (χ4n) is 5.01. The van der Waals surface area contributed by atoms with Crippen LogP contribution in [0.4, 0.5) is 5.69 Å². The van der Waals surface area contributed by atoms with E-state index < -0.39 is 0 Å². The smallest absolute Gasteiger partial charge is 0.261 e. The molecule has 2 aliphatic heterocycles. The lowest BCUT2D eigenvalue weighted by atomic mass is 10.0. The maximum Gasteiger partial charge on any atom is 0.261 e. The molecular weight excluding hydrogens is 394 g/mol. The zero-order chi connectivity index (χ0) is 21.2. The van der Waals surface area contributed by atoms with Crippen molar-refractivity contribution in [2.75, 3.05) is 25.0 Å². The minimum absolute atomic E-state index is 0.260. The summed E-state index contributed by atoms with van der Waals surface area (Å²) in [5, 5.41) is 10.7. The van der Waals surface area contributed by atoms with E-state index in [1.807, 2.05) is 12.1 Å². The molecule has 8 nitrogen and oxygen atoms in total. The molecule has 3 aliphatic rings. The van der Waals surface area contributed by atoms with E-state index in [4.69, 9.17) is 9.47 Å². The lowest BCUT2D eigenvalue weighted by molar-refractivity contribution is 0.102. The third-order valence-corrected chi connectivity index (χ3v) is 6.64. The van der Waals surface area contributed by atoms with Crippen molar-refractivity contribution in [1.29, 1.82) is 0 Å². The van der Waals surface area contributed by atoms with Gasteiger partial charge in [-0.3, -0.25) is 4.79 Å². The molecule has 3 atom stereocenters. The maximum absolute atomic E-state index is 13.1. The van der Waals surface area contributed by atoms with Gasteiger partial charge in [-0.05, 0) is 50.9 Å². The first-order valence-corrected chi connectivity index (χ1v) is 10.8. The van der Waals surface area contributed by atoms with E-state index in [1.54, 1.807) is 23.0 Å². The first-order valence-electron chi connectivity index (χ1n) is 10.8. The van der Waals surface area contributed by atoms with Crippen molar-refractivity contribution >= 4 is 17.2 Å². The van der Waals surface area contributed by atoms with E-state index in [1.165, 1.54) is 6.20 Å². The first kappa shape index (κ1) is 18.6. The fourth-order valence-corrected chi connectivity index (χ4v) is 5.01. The number of ether oxygens (including phenoxy) is 2. The standard InChI is InChI=1S/C23H25N5O3/c1-23(2)8-13-6-18(27-22(29)16-11-26-28-5-3-4-25-21(16)28)20(7-19(13)31-23)30-12-17-14-9-24-10-15(14)17/h3-7,11,14-15,17,24H,8-10,12H2,1-2H3,(H,27,29)/t14-,15+,17?. The summed E-state index contributed by atoms with van der Waals surface area (Å²) >= 11 is 0. The third-order valence-electron chi connectivity index (χ3n) is 6.64. The van der Waals surface area contributed by atoms with Gasteiger partial charge in [-0.25, -0.2) is 9.50 Å². The number of piperidine rings is 1. The number of anilines is 1. The Bertz CT molecular complexity index is 1180. The van der Waals surface area contributed by atoms with E-state index in [0.29, 0.717) is 47.0 Å². The molecule has 1 saturated heterocycles. The predicted octanol–water partition coefficient (Wildman–Crippen LogP) is 2.54. The largest absolute Gasteiger partial charge is 0.491 e. The van der Waals surface area contributed by atoms with Crippen molar-refractivity contribution in [3.63, 3.8) is 0 Å². The van der Waals surface area contributed by atoms with Crippen LogP contribution in [0, 0.1) is 17.8 Å². The molecule has 1 amide bonds. The van der Waals surface area contributed by atoms with Crippen molar-refractivity contribution in [1.82, 2.24) is 19.9 Å². The van der Waals surface area contributed by atoms with Gasteiger partial charge in [0.2, 0.25) is 0 Å². The van der Waals surface area contributed by atoms with Crippen molar-refractivity contribution in [3.05, 3.63) is 47.9 Å². The van der Waals surface area contributed by atoms with Crippen molar-refractivity contribution in [3.8, 4) is 11.5 Å². The molecule has 2 fully saturated rings. The van der Waals surface area contributed by atoms with E-state index in [-0.39, 0.29) is 11.5 Å². The Kier molecular flexibility index (Phi) is 4.02. The average Bonchev–Trinajstić information content (AvgIpc) is 3.14. The molecule has 0 bridgehead atoms. The molecule has 0 spiro atoms. The van der Waals surface area contributed by atoms with Crippen LogP contribution in [0.5, 0.6) is 11.5 Å². The summed E-state index contributed by atoms with van der Waals surface area (Å²) in [6, 6.07) is 5.68. The highest BCUT2D eigenvalue weighted by atomic mass is 16.5. The van der Waals surface area contributed by atoms with Gasteiger partial charge in [0.15, 0.2) is 5.65 Å². The summed E-state index contributed by atoms with van der Waals surface area (Å²) in [6.07, 6.45) is 5.74. The second-order valence-corrected chi connectivity index (χ2v) is 9.36. The molecule has 4 heterocycles. The van der Waals surface area contributed by atoms with Crippen LogP contribution in [0.25, 0.3) is 5.65 Å². The maximum atomic E-state index is 13.1. The zero-order valence-electron chi connectivity index (χ0n) is 17.6. The molecule has 2 N–H and O–H groups in total. The molecule has 1 unspecified atom stereocenters. The Morgan fingerprint density at radius 2 is 2.19 bits per heavy atom. The van der Waals surface area contributed by atoms with Gasteiger partial charge in [-0.2, -0.15) is 5.10 Å². The second-order valence-electron chi connectivity index (χ2n) is 9.36. The van der Waals surface area contributed by atoms with Gasteiger partial charge in [-0.15, -0.1) is 0 Å². The number of amides is 1. The molecule has 31 heavy (non-hydrogen) atoms. The van der Waals surface area contributed by atoms with E-state index in [0.717, 1.165) is 30.8 Å². The highest BCUT2D eigenvalue weighted by molar-refractivity contribution is 6.08. The number of carbonyl (C=O) groups excluding carboxylic acids is 1. The van der Waals surface area contributed by atoms with Crippen LogP contribution >= 0.6 is 0 Å². The van der Waals surface area contributed by atoms with Crippen LogP contribution in [0.3, 0.4) is 0 Å². The highest BCUT2D eigenvalue weighted by Gasteiger charge is 2.53. The summed E-state index contributed by atoms with van der Waals surface area (Å²) in [4.78, 5) is 17.4. The van der Waals surface area contributed by atoms with E-state index >= 15 is 0 Å². The van der Waals surface area contributed by atoms with Gasteiger partial charge < -0.3 is 20.1 Å². The molecule has 160 valence electrons. The van der Waals surface area contributed by atoms with Gasteiger partial charge >= 0.3 is 0 Å². The SMILES string of the molecule is CC1(C)Cc2cc(NC(=O)c3cnn4cccnc34)c(OCC3[C@H]4CNC[C@@H]34)cc2O1. The van der Waals surface area contributed by atoms with Gasteiger partial charge in [0, 0.05) is 36.4 Å². The fraction of sp³-hybridized carbons (Fsp3) is 0.435. The van der Waals surface area contributed by atoms with Crippen molar-refractivity contribution in [2.45, 2.75) is 25.9 Å². The molecule has 6 rings (SSSR count).